The number of hydrogen-bond acceptors (Lipinski definition) is 7. The Balaban J connectivity index is 1.36. The zero-order chi connectivity index (χ0) is 22.7. The highest BCUT2D eigenvalue weighted by atomic mass is 16.6. The first-order chi connectivity index (χ1) is 15.5. The molecule has 0 bridgehead atoms. The normalized spacial score (nSPS) is 13.8. The standard InChI is InChI=1S/C23H24N4O5/c1-16-14-21(24-23-19(16)4-3-5-20(23)31-2)25-10-12-26(13-11-25)22(28)15-32-18-8-6-17(7-9-18)27(29)30/h3-9,14H,10-13,15H2,1-2H3. The highest BCUT2D eigenvalue weighted by molar-refractivity contribution is 5.89. The number of para-hydroxylation sites is 1. The number of benzene rings is 2. The molecule has 1 aromatic heterocycles. The molecule has 1 amide bonds. The third-order valence-electron chi connectivity index (χ3n) is 5.58. The first-order valence-electron chi connectivity index (χ1n) is 10.3. The van der Waals surface area contributed by atoms with Crippen molar-refractivity contribution in [3.8, 4) is 11.5 Å². The van der Waals surface area contributed by atoms with Crippen LogP contribution in [0.4, 0.5) is 11.5 Å². The van der Waals surface area contributed by atoms with Crippen LogP contribution in [0.15, 0.2) is 48.5 Å². The molecule has 166 valence electrons. The van der Waals surface area contributed by atoms with E-state index >= 15 is 0 Å². The summed E-state index contributed by atoms with van der Waals surface area (Å²) >= 11 is 0. The van der Waals surface area contributed by atoms with Gasteiger partial charge in [0.25, 0.3) is 11.6 Å². The molecule has 32 heavy (non-hydrogen) atoms. The largest absolute Gasteiger partial charge is 0.494 e. The van der Waals surface area contributed by atoms with E-state index in [1.165, 1.54) is 24.3 Å². The average Bonchev–Trinajstić information content (AvgIpc) is 2.82. The number of amides is 1. The van der Waals surface area contributed by atoms with Crippen molar-refractivity contribution in [3.05, 3.63) is 64.2 Å². The quantitative estimate of drug-likeness (QED) is 0.432. The lowest BCUT2D eigenvalue weighted by atomic mass is 10.1. The van der Waals surface area contributed by atoms with E-state index in [1.807, 2.05) is 18.2 Å². The van der Waals surface area contributed by atoms with Crippen LogP contribution in [-0.4, -0.2) is 60.6 Å². The van der Waals surface area contributed by atoms with Crippen molar-refractivity contribution in [1.29, 1.82) is 0 Å². The number of fused-ring (bicyclic) bond motifs is 1. The van der Waals surface area contributed by atoms with Crippen molar-refractivity contribution in [2.24, 2.45) is 0 Å². The number of rotatable bonds is 6. The lowest BCUT2D eigenvalue weighted by Gasteiger charge is -2.35. The smallest absolute Gasteiger partial charge is 0.269 e. The molecule has 1 saturated heterocycles. The minimum absolute atomic E-state index is 0.0186. The maximum atomic E-state index is 12.5. The molecule has 0 atom stereocenters. The van der Waals surface area contributed by atoms with Crippen LogP contribution in [0.1, 0.15) is 5.56 Å². The Bertz CT molecular complexity index is 1140. The number of non-ortho nitro benzene ring substituents is 1. The molecule has 1 fully saturated rings. The molecule has 0 spiro atoms. The number of nitrogens with zero attached hydrogens (tertiary/aromatic N) is 4. The van der Waals surface area contributed by atoms with E-state index in [-0.39, 0.29) is 18.2 Å². The zero-order valence-corrected chi connectivity index (χ0v) is 18.0. The molecule has 3 aromatic rings. The number of aromatic nitrogens is 1. The summed E-state index contributed by atoms with van der Waals surface area (Å²) in [6.45, 7) is 4.40. The molecule has 1 aliphatic rings. The number of nitro groups is 1. The monoisotopic (exact) mass is 436 g/mol. The van der Waals surface area contributed by atoms with E-state index in [2.05, 4.69) is 17.9 Å². The Kier molecular flexibility index (Phi) is 6.07. The van der Waals surface area contributed by atoms with Gasteiger partial charge in [-0.15, -0.1) is 0 Å². The van der Waals surface area contributed by atoms with Crippen molar-refractivity contribution in [2.75, 3.05) is 44.8 Å². The Labute approximate surface area is 185 Å². The second-order valence-corrected chi connectivity index (χ2v) is 7.56. The number of carbonyl (C=O) groups excluding carboxylic acids is 1. The molecule has 0 radical (unpaired) electrons. The highest BCUT2D eigenvalue weighted by Crippen LogP contribution is 2.29. The number of methoxy groups -OCH3 is 1. The van der Waals surface area contributed by atoms with Gasteiger partial charge in [-0.05, 0) is 36.8 Å². The van der Waals surface area contributed by atoms with Gasteiger partial charge in [-0.1, -0.05) is 12.1 Å². The predicted molar refractivity (Wildman–Crippen MR) is 120 cm³/mol. The zero-order valence-electron chi connectivity index (χ0n) is 18.0. The number of carbonyl (C=O) groups is 1. The van der Waals surface area contributed by atoms with Gasteiger partial charge < -0.3 is 19.3 Å². The van der Waals surface area contributed by atoms with Gasteiger partial charge in [-0.3, -0.25) is 14.9 Å². The van der Waals surface area contributed by atoms with Crippen molar-refractivity contribution < 1.29 is 19.2 Å². The van der Waals surface area contributed by atoms with Gasteiger partial charge in [0.05, 0.1) is 12.0 Å². The van der Waals surface area contributed by atoms with E-state index in [0.717, 1.165) is 28.0 Å². The summed E-state index contributed by atoms with van der Waals surface area (Å²) in [5.74, 6) is 1.91. The summed E-state index contributed by atoms with van der Waals surface area (Å²) < 4.78 is 11.0. The van der Waals surface area contributed by atoms with Crippen LogP contribution < -0.4 is 14.4 Å². The molecular formula is C23H24N4O5. The van der Waals surface area contributed by atoms with Gasteiger partial charge in [0.2, 0.25) is 0 Å². The molecule has 4 rings (SSSR count). The molecule has 0 aliphatic carbocycles. The van der Waals surface area contributed by atoms with Gasteiger partial charge >= 0.3 is 0 Å². The fourth-order valence-corrected chi connectivity index (χ4v) is 3.79. The lowest BCUT2D eigenvalue weighted by molar-refractivity contribution is -0.384. The number of nitro benzene ring substituents is 1. The fraction of sp³-hybridized carbons (Fsp3) is 0.304. The first-order valence-corrected chi connectivity index (χ1v) is 10.3. The van der Waals surface area contributed by atoms with Crippen LogP contribution in [0.3, 0.4) is 0 Å². The van der Waals surface area contributed by atoms with E-state index < -0.39 is 4.92 Å². The van der Waals surface area contributed by atoms with Gasteiger partial charge in [0.1, 0.15) is 22.8 Å². The molecule has 1 aliphatic heterocycles. The number of anilines is 1. The summed E-state index contributed by atoms with van der Waals surface area (Å²) in [6, 6.07) is 13.6. The van der Waals surface area contributed by atoms with Gasteiger partial charge in [0.15, 0.2) is 6.61 Å². The molecule has 0 unspecified atom stereocenters. The number of hydrogen-bond donors (Lipinski definition) is 0. The second kappa shape index (κ2) is 9.09. The molecule has 0 N–H and O–H groups in total. The fourth-order valence-electron chi connectivity index (χ4n) is 3.79. The van der Waals surface area contributed by atoms with E-state index in [0.29, 0.717) is 31.9 Å². The number of ether oxygens (including phenoxy) is 2. The summed E-state index contributed by atoms with van der Waals surface area (Å²) in [5, 5.41) is 11.8. The Morgan fingerprint density at radius 1 is 1.12 bits per heavy atom. The molecule has 2 aromatic carbocycles. The number of piperazine rings is 1. The summed E-state index contributed by atoms with van der Waals surface area (Å²) in [6.07, 6.45) is 0. The first kappa shape index (κ1) is 21.4. The van der Waals surface area contributed by atoms with Crippen molar-refractivity contribution in [2.45, 2.75) is 6.92 Å². The maximum absolute atomic E-state index is 12.5. The maximum Gasteiger partial charge on any atom is 0.269 e. The van der Waals surface area contributed by atoms with Crippen LogP contribution in [-0.2, 0) is 4.79 Å². The Morgan fingerprint density at radius 3 is 2.50 bits per heavy atom. The van der Waals surface area contributed by atoms with Crippen LogP contribution >= 0.6 is 0 Å². The van der Waals surface area contributed by atoms with Crippen LogP contribution in [0.2, 0.25) is 0 Å². The Hall–Kier alpha value is -3.88. The van der Waals surface area contributed by atoms with Crippen LogP contribution in [0.5, 0.6) is 11.5 Å². The van der Waals surface area contributed by atoms with Gasteiger partial charge in [0, 0.05) is 43.7 Å². The Morgan fingerprint density at radius 2 is 1.84 bits per heavy atom. The summed E-state index contributed by atoms with van der Waals surface area (Å²) in [5.41, 5.74) is 1.94. The number of aryl methyl sites for hydroxylation is 1. The molecule has 9 heteroatoms. The molecule has 9 nitrogen and oxygen atoms in total. The van der Waals surface area contributed by atoms with Crippen molar-refractivity contribution >= 4 is 28.3 Å². The molecule has 0 saturated carbocycles. The van der Waals surface area contributed by atoms with E-state index in [4.69, 9.17) is 14.5 Å². The van der Waals surface area contributed by atoms with Crippen molar-refractivity contribution in [1.82, 2.24) is 9.88 Å². The second-order valence-electron chi connectivity index (χ2n) is 7.56. The predicted octanol–water partition coefficient (Wildman–Crippen LogP) is 3.19. The van der Waals surface area contributed by atoms with Crippen LogP contribution in [0.25, 0.3) is 10.9 Å². The number of pyridine rings is 1. The topological polar surface area (TPSA) is 98.0 Å². The van der Waals surface area contributed by atoms with Crippen molar-refractivity contribution in [3.63, 3.8) is 0 Å². The van der Waals surface area contributed by atoms with E-state index in [1.54, 1.807) is 12.0 Å². The SMILES string of the molecule is COc1cccc2c(C)cc(N3CCN(C(=O)COc4ccc([N+](=O)[O-])cc4)CC3)nc12. The van der Waals surface area contributed by atoms with Crippen LogP contribution in [0, 0.1) is 17.0 Å². The minimum Gasteiger partial charge on any atom is -0.494 e. The third kappa shape index (κ3) is 4.41. The summed E-state index contributed by atoms with van der Waals surface area (Å²) in [7, 11) is 1.64. The average molecular weight is 436 g/mol. The molecule has 2 heterocycles. The van der Waals surface area contributed by atoms with Gasteiger partial charge in [-0.25, -0.2) is 4.98 Å². The van der Waals surface area contributed by atoms with Gasteiger partial charge in [-0.2, -0.15) is 0 Å². The lowest BCUT2D eigenvalue weighted by Crippen LogP contribution is -2.50. The third-order valence-corrected chi connectivity index (χ3v) is 5.58. The minimum atomic E-state index is -0.476. The highest BCUT2D eigenvalue weighted by Gasteiger charge is 2.23. The molecular weight excluding hydrogens is 412 g/mol. The van der Waals surface area contributed by atoms with E-state index in [9.17, 15) is 14.9 Å². The summed E-state index contributed by atoms with van der Waals surface area (Å²) in [4.78, 5) is 31.5.